The molecule has 0 radical (unpaired) electrons. The Morgan fingerprint density at radius 1 is 0.962 bits per heavy atom. The minimum absolute atomic E-state index is 0.00119. The molecule has 26 heavy (non-hydrogen) atoms. The minimum Gasteiger partial charge on any atom is -0.469 e. The lowest BCUT2D eigenvalue weighted by atomic mass is 9.83. The van der Waals surface area contributed by atoms with Crippen molar-refractivity contribution in [2.24, 2.45) is 5.92 Å². The van der Waals surface area contributed by atoms with Crippen molar-refractivity contribution in [2.45, 2.75) is 19.3 Å². The summed E-state index contributed by atoms with van der Waals surface area (Å²) in [6, 6.07) is 11.9. The highest BCUT2D eigenvalue weighted by Crippen LogP contribution is 2.30. The number of methoxy groups -OCH3 is 1. The van der Waals surface area contributed by atoms with Crippen molar-refractivity contribution in [1.29, 1.82) is 0 Å². The lowest BCUT2D eigenvalue weighted by Crippen LogP contribution is -2.23. The number of ether oxygens (including phenoxy) is 1. The van der Waals surface area contributed by atoms with Gasteiger partial charge in [-0.2, -0.15) is 0 Å². The second kappa shape index (κ2) is 8.19. The summed E-state index contributed by atoms with van der Waals surface area (Å²) in [5.74, 6) is -1.21. The number of nitro benzene ring substituents is 2. The van der Waals surface area contributed by atoms with Crippen LogP contribution in [0.25, 0.3) is 0 Å². The van der Waals surface area contributed by atoms with Gasteiger partial charge in [-0.15, -0.1) is 0 Å². The van der Waals surface area contributed by atoms with Crippen LogP contribution in [-0.4, -0.2) is 22.9 Å². The number of nitro groups is 2. The second-order valence-corrected chi connectivity index (χ2v) is 5.95. The van der Waals surface area contributed by atoms with Crippen molar-refractivity contribution in [1.82, 2.24) is 0 Å². The summed E-state index contributed by atoms with van der Waals surface area (Å²) >= 11 is 0. The first kappa shape index (κ1) is 19.0. The molecule has 8 nitrogen and oxygen atoms in total. The van der Waals surface area contributed by atoms with E-state index in [1.165, 1.54) is 31.4 Å². The molecule has 2 atom stereocenters. The van der Waals surface area contributed by atoms with Crippen LogP contribution in [0.5, 0.6) is 0 Å². The van der Waals surface area contributed by atoms with Crippen LogP contribution in [0, 0.1) is 26.1 Å². The average molecular weight is 358 g/mol. The van der Waals surface area contributed by atoms with Crippen molar-refractivity contribution < 1.29 is 19.4 Å². The number of rotatable bonds is 7. The summed E-state index contributed by atoms with van der Waals surface area (Å²) in [7, 11) is 1.29. The van der Waals surface area contributed by atoms with Crippen LogP contribution in [0.2, 0.25) is 0 Å². The average Bonchev–Trinajstić information content (AvgIpc) is 2.62. The molecular formula is C18H18N2O6. The zero-order valence-electron chi connectivity index (χ0n) is 14.3. The van der Waals surface area contributed by atoms with Crippen LogP contribution in [-0.2, 0) is 16.0 Å². The van der Waals surface area contributed by atoms with E-state index in [-0.39, 0.29) is 17.3 Å². The van der Waals surface area contributed by atoms with Crippen LogP contribution < -0.4 is 0 Å². The Balaban J connectivity index is 2.23. The molecule has 2 aromatic rings. The Kier molecular flexibility index (Phi) is 6.00. The first-order chi connectivity index (χ1) is 12.3. The van der Waals surface area contributed by atoms with E-state index >= 15 is 0 Å². The van der Waals surface area contributed by atoms with E-state index in [4.69, 9.17) is 4.74 Å². The van der Waals surface area contributed by atoms with E-state index in [0.29, 0.717) is 12.0 Å². The maximum atomic E-state index is 12.3. The van der Waals surface area contributed by atoms with Crippen LogP contribution in [0.15, 0.2) is 48.5 Å². The Morgan fingerprint density at radius 3 is 1.85 bits per heavy atom. The van der Waals surface area contributed by atoms with Gasteiger partial charge in [-0.25, -0.2) is 0 Å². The third-order valence-corrected chi connectivity index (χ3v) is 4.19. The largest absolute Gasteiger partial charge is 0.469 e. The second-order valence-electron chi connectivity index (χ2n) is 5.95. The van der Waals surface area contributed by atoms with E-state index in [0.717, 1.165) is 5.56 Å². The van der Waals surface area contributed by atoms with E-state index in [1.54, 1.807) is 24.3 Å². The quantitative estimate of drug-likeness (QED) is 0.424. The van der Waals surface area contributed by atoms with Gasteiger partial charge in [0, 0.05) is 24.3 Å². The van der Waals surface area contributed by atoms with Gasteiger partial charge >= 0.3 is 5.97 Å². The molecule has 136 valence electrons. The molecule has 8 heteroatoms. The molecule has 2 aromatic carbocycles. The maximum Gasteiger partial charge on any atom is 0.313 e. The predicted octanol–water partition coefficient (Wildman–Crippen LogP) is 3.64. The highest BCUT2D eigenvalue weighted by atomic mass is 16.6. The summed E-state index contributed by atoms with van der Waals surface area (Å²) < 4.78 is 4.89. The molecule has 0 bridgehead atoms. The number of carbonyl (C=O) groups is 1. The molecule has 0 saturated heterocycles. The Labute approximate surface area is 149 Å². The van der Waals surface area contributed by atoms with Gasteiger partial charge in [0.2, 0.25) is 0 Å². The number of carbonyl (C=O) groups excluding carboxylic acids is 1. The molecule has 2 rings (SSSR count). The van der Waals surface area contributed by atoms with E-state index in [2.05, 4.69) is 0 Å². The van der Waals surface area contributed by atoms with Gasteiger partial charge in [0.15, 0.2) is 0 Å². The van der Waals surface area contributed by atoms with Gasteiger partial charge in [-0.05, 0) is 23.5 Å². The number of non-ortho nitro benzene ring substituents is 2. The Hall–Kier alpha value is -3.29. The highest BCUT2D eigenvalue weighted by Gasteiger charge is 2.28. The van der Waals surface area contributed by atoms with Crippen molar-refractivity contribution in [3.63, 3.8) is 0 Å². The first-order valence-electron chi connectivity index (χ1n) is 7.89. The molecule has 0 spiro atoms. The predicted molar refractivity (Wildman–Crippen MR) is 93.8 cm³/mol. The van der Waals surface area contributed by atoms with Gasteiger partial charge < -0.3 is 4.74 Å². The van der Waals surface area contributed by atoms with Gasteiger partial charge in [-0.3, -0.25) is 25.0 Å². The van der Waals surface area contributed by atoms with E-state index < -0.39 is 21.7 Å². The minimum atomic E-state index is -0.601. The first-order valence-corrected chi connectivity index (χ1v) is 7.89. The normalized spacial score (nSPS) is 12.8. The lowest BCUT2D eigenvalue weighted by molar-refractivity contribution is -0.385. The van der Waals surface area contributed by atoms with Crippen LogP contribution in [0.4, 0.5) is 11.4 Å². The fourth-order valence-electron chi connectivity index (χ4n) is 2.87. The van der Waals surface area contributed by atoms with Crippen LogP contribution >= 0.6 is 0 Å². The summed E-state index contributed by atoms with van der Waals surface area (Å²) in [6.07, 6.45) is 0.495. The lowest BCUT2D eigenvalue weighted by Gasteiger charge is -2.22. The molecule has 2 unspecified atom stereocenters. The molecule has 0 saturated carbocycles. The van der Waals surface area contributed by atoms with Crippen LogP contribution in [0.3, 0.4) is 0 Å². The zero-order chi connectivity index (χ0) is 19.3. The number of benzene rings is 2. The third kappa shape index (κ3) is 4.41. The molecule has 0 aliphatic heterocycles. The van der Waals surface area contributed by atoms with Gasteiger partial charge in [0.05, 0.1) is 22.9 Å². The van der Waals surface area contributed by atoms with Crippen molar-refractivity contribution in [3.05, 3.63) is 79.9 Å². The molecule has 0 aliphatic rings. The highest BCUT2D eigenvalue weighted by molar-refractivity contribution is 5.78. The number of nitrogens with zero attached hydrogens (tertiary/aromatic N) is 2. The van der Waals surface area contributed by atoms with Gasteiger partial charge in [-0.1, -0.05) is 31.2 Å². The third-order valence-electron chi connectivity index (χ3n) is 4.19. The Bertz CT molecular complexity index is 801. The van der Waals surface area contributed by atoms with Crippen molar-refractivity contribution in [3.8, 4) is 0 Å². The smallest absolute Gasteiger partial charge is 0.313 e. The number of hydrogen-bond donors (Lipinski definition) is 0. The molecule has 0 N–H and O–H groups in total. The fourth-order valence-corrected chi connectivity index (χ4v) is 2.87. The topological polar surface area (TPSA) is 113 Å². The van der Waals surface area contributed by atoms with Crippen LogP contribution in [0.1, 0.15) is 24.0 Å². The summed E-state index contributed by atoms with van der Waals surface area (Å²) in [5.41, 5.74) is 1.41. The fraction of sp³-hybridized carbons (Fsp3) is 0.278. The van der Waals surface area contributed by atoms with Gasteiger partial charge in [0.25, 0.3) is 11.4 Å². The molecule has 0 heterocycles. The zero-order valence-corrected chi connectivity index (χ0v) is 14.3. The summed E-state index contributed by atoms with van der Waals surface area (Å²) in [4.78, 5) is 32.8. The molecule has 0 aliphatic carbocycles. The van der Waals surface area contributed by atoms with Crippen molar-refractivity contribution >= 4 is 17.3 Å². The van der Waals surface area contributed by atoms with E-state index in [9.17, 15) is 25.0 Å². The molecule has 0 aromatic heterocycles. The number of hydrogen-bond acceptors (Lipinski definition) is 6. The summed E-state index contributed by atoms with van der Waals surface area (Å²) in [5, 5.41) is 21.5. The molecular weight excluding hydrogens is 340 g/mol. The maximum absolute atomic E-state index is 12.3. The van der Waals surface area contributed by atoms with E-state index in [1.807, 2.05) is 6.92 Å². The Morgan fingerprint density at radius 2 is 1.42 bits per heavy atom. The van der Waals surface area contributed by atoms with Crippen molar-refractivity contribution in [2.75, 3.05) is 7.11 Å². The molecule has 0 fully saturated rings. The monoisotopic (exact) mass is 358 g/mol. The number of esters is 1. The SMILES string of the molecule is COC(=O)C(c1ccc([N+](=O)[O-])cc1)C(C)Cc1ccc([N+](=O)[O-])cc1. The van der Waals surface area contributed by atoms with Gasteiger partial charge in [0.1, 0.15) is 0 Å². The summed E-state index contributed by atoms with van der Waals surface area (Å²) in [6.45, 7) is 1.87. The standard InChI is InChI=1S/C18H18N2O6/c1-12(11-13-3-7-15(8-4-13)19(22)23)17(18(21)26-2)14-5-9-16(10-6-14)20(24)25/h3-10,12,17H,11H2,1-2H3. The molecule has 0 amide bonds.